The first-order chi connectivity index (χ1) is 12.8. The van der Waals surface area contributed by atoms with Crippen molar-refractivity contribution in [1.82, 2.24) is 15.5 Å². The fourth-order valence-electron chi connectivity index (χ4n) is 3.44. The Morgan fingerprint density at radius 1 is 1.11 bits per heavy atom. The Labute approximate surface area is 169 Å². The number of hydrogen-bond donors (Lipinski definition) is 2. The summed E-state index contributed by atoms with van der Waals surface area (Å²) in [6.45, 7) is 16.1. The fraction of sp³-hybridized carbons (Fsp3) is 0.857. The molecule has 0 unspecified atom stereocenters. The van der Waals surface area contributed by atoms with Crippen molar-refractivity contribution in [3.63, 3.8) is 0 Å². The molecule has 2 fully saturated rings. The molecule has 162 valence electrons. The molecule has 0 aromatic heterocycles. The van der Waals surface area contributed by atoms with Gasteiger partial charge in [-0.3, -0.25) is 4.79 Å². The van der Waals surface area contributed by atoms with Crippen molar-refractivity contribution in [3.05, 3.63) is 0 Å². The van der Waals surface area contributed by atoms with Crippen LogP contribution in [0.5, 0.6) is 0 Å². The minimum Gasteiger partial charge on any atom is -0.467 e. The Morgan fingerprint density at radius 3 is 2.07 bits per heavy atom. The van der Waals surface area contributed by atoms with Gasteiger partial charge in [-0.2, -0.15) is 0 Å². The number of ether oxygens (including phenoxy) is 1. The van der Waals surface area contributed by atoms with Crippen molar-refractivity contribution in [2.75, 3.05) is 13.7 Å². The maximum atomic E-state index is 13.2. The topological polar surface area (TPSA) is 87.7 Å². The van der Waals surface area contributed by atoms with Gasteiger partial charge in [0.1, 0.15) is 12.1 Å². The van der Waals surface area contributed by atoms with Gasteiger partial charge in [0.2, 0.25) is 5.91 Å². The minimum absolute atomic E-state index is 0.195. The van der Waals surface area contributed by atoms with Crippen molar-refractivity contribution in [2.24, 2.45) is 17.3 Å². The van der Waals surface area contributed by atoms with Crippen LogP contribution < -0.4 is 10.6 Å². The van der Waals surface area contributed by atoms with Gasteiger partial charge in [-0.05, 0) is 44.4 Å². The largest absolute Gasteiger partial charge is 0.467 e. The molecular formula is C21H39N3O4. The van der Waals surface area contributed by atoms with E-state index >= 15 is 0 Å². The monoisotopic (exact) mass is 397 g/mol. The lowest BCUT2D eigenvalue weighted by atomic mass is 9.85. The number of rotatable bonds is 3. The quantitative estimate of drug-likeness (QED) is 0.717. The molecule has 1 aliphatic heterocycles. The van der Waals surface area contributed by atoms with Gasteiger partial charge < -0.3 is 20.3 Å². The number of carbonyl (C=O) groups is 3. The summed E-state index contributed by atoms with van der Waals surface area (Å²) in [5.74, 6) is -0.0261. The first-order valence-corrected chi connectivity index (χ1v) is 10.2. The van der Waals surface area contributed by atoms with Crippen molar-refractivity contribution < 1.29 is 19.1 Å². The Bertz CT molecular complexity index is 577. The number of nitrogens with zero attached hydrogens (tertiary/aromatic N) is 1. The first kappa shape index (κ1) is 24.2. The molecule has 1 heterocycles. The van der Waals surface area contributed by atoms with Crippen molar-refractivity contribution in [1.29, 1.82) is 0 Å². The zero-order valence-electron chi connectivity index (χ0n) is 19.0. The summed E-state index contributed by atoms with van der Waals surface area (Å²) in [4.78, 5) is 39.2. The lowest BCUT2D eigenvalue weighted by Crippen LogP contribution is -2.60. The summed E-state index contributed by atoms with van der Waals surface area (Å²) < 4.78 is 4.89. The van der Waals surface area contributed by atoms with Crippen LogP contribution in [-0.4, -0.2) is 54.1 Å². The Kier molecular flexibility index (Phi) is 7.91. The molecule has 0 bridgehead atoms. The molecule has 2 aliphatic rings. The Balaban J connectivity index is 0.00000122. The van der Waals surface area contributed by atoms with E-state index in [1.165, 1.54) is 13.5 Å². The number of esters is 1. The van der Waals surface area contributed by atoms with Crippen LogP contribution in [0.2, 0.25) is 0 Å². The van der Waals surface area contributed by atoms with Crippen molar-refractivity contribution in [3.8, 4) is 0 Å². The number of likely N-dealkylation sites (tertiary alicyclic amines) is 1. The number of urea groups is 1. The van der Waals surface area contributed by atoms with Crippen molar-refractivity contribution in [2.45, 2.75) is 85.9 Å². The molecule has 0 radical (unpaired) electrons. The van der Waals surface area contributed by atoms with E-state index in [0.717, 1.165) is 6.42 Å². The predicted octanol–water partition coefficient (Wildman–Crippen LogP) is 2.94. The van der Waals surface area contributed by atoms with Gasteiger partial charge in [-0.25, -0.2) is 9.59 Å². The molecule has 1 saturated carbocycles. The standard InChI is InChI=1S/C18H31N3O4.C3H8/c1-17(2,3)13(19-16(24)20-18(4,5)6)14(22)21-9-10-8-11(10)12(21)15(23)25-7;1-3-2/h10-13H,8-9H2,1-7H3,(H2,19,20,24);3H2,1-2H3/t10-,11-,12-,13+;/m0./s1. The van der Waals surface area contributed by atoms with Gasteiger partial charge >= 0.3 is 12.0 Å². The summed E-state index contributed by atoms with van der Waals surface area (Å²) >= 11 is 0. The summed E-state index contributed by atoms with van der Waals surface area (Å²) in [5.41, 5.74) is -0.890. The number of hydrogen-bond acceptors (Lipinski definition) is 4. The number of carbonyl (C=O) groups excluding carboxylic acids is 3. The van der Waals surface area contributed by atoms with Crippen LogP contribution >= 0.6 is 0 Å². The van der Waals surface area contributed by atoms with Crippen LogP contribution in [0.1, 0.15) is 68.2 Å². The Hall–Kier alpha value is -1.79. The van der Waals surface area contributed by atoms with Gasteiger partial charge in [0, 0.05) is 12.1 Å². The van der Waals surface area contributed by atoms with Gasteiger partial charge in [-0.1, -0.05) is 41.0 Å². The smallest absolute Gasteiger partial charge is 0.328 e. The lowest BCUT2D eigenvalue weighted by molar-refractivity contribution is -0.153. The molecule has 0 aromatic rings. The summed E-state index contributed by atoms with van der Waals surface area (Å²) in [6.07, 6.45) is 2.21. The van der Waals surface area contributed by atoms with Gasteiger partial charge in [0.15, 0.2) is 0 Å². The van der Waals surface area contributed by atoms with Crippen LogP contribution in [0.25, 0.3) is 0 Å². The molecule has 3 amide bonds. The highest BCUT2D eigenvalue weighted by Gasteiger charge is 2.58. The summed E-state index contributed by atoms with van der Waals surface area (Å²) in [5, 5.41) is 5.62. The molecule has 28 heavy (non-hydrogen) atoms. The Morgan fingerprint density at radius 2 is 1.64 bits per heavy atom. The number of amides is 3. The van der Waals surface area contributed by atoms with E-state index in [0.29, 0.717) is 12.5 Å². The SMILES string of the molecule is CCC.COC(=O)[C@@H]1[C@H]2C[C@H]2CN1C(=O)[C@@H](NC(=O)NC(C)(C)C)C(C)(C)C. The normalized spacial score (nSPS) is 24.3. The number of methoxy groups -OCH3 is 1. The molecule has 0 spiro atoms. The van der Waals surface area contributed by atoms with Gasteiger partial charge in [0.25, 0.3) is 0 Å². The average molecular weight is 398 g/mol. The first-order valence-electron chi connectivity index (χ1n) is 10.2. The number of fused-ring (bicyclic) bond motifs is 1. The number of nitrogens with one attached hydrogen (secondary N) is 2. The van der Waals surface area contributed by atoms with Crippen LogP contribution in [-0.2, 0) is 14.3 Å². The molecule has 2 N–H and O–H groups in total. The van der Waals surface area contributed by atoms with Crippen LogP contribution in [0.3, 0.4) is 0 Å². The molecular weight excluding hydrogens is 358 g/mol. The molecule has 2 rings (SSSR count). The van der Waals surface area contributed by atoms with E-state index in [9.17, 15) is 14.4 Å². The molecule has 4 atom stereocenters. The fourth-order valence-corrected chi connectivity index (χ4v) is 3.44. The van der Waals surface area contributed by atoms with E-state index in [1.807, 2.05) is 41.5 Å². The highest BCUT2D eigenvalue weighted by atomic mass is 16.5. The molecule has 1 saturated heterocycles. The highest BCUT2D eigenvalue weighted by Crippen LogP contribution is 2.50. The van der Waals surface area contributed by atoms with Gasteiger partial charge in [-0.15, -0.1) is 0 Å². The molecule has 1 aliphatic carbocycles. The average Bonchev–Trinajstić information content (AvgIpc) is 3.19. The molecule has 7 heteroatoms. The minimum atomic E-state index is -0.723. The highest BCUT2D eigenvalue weighted by molar-refractivity contribution is 5.92. The lowest BCUT2D eigenvalue weighted by Gasteiger charge is -2.36. The predicted molar refractivity (Wildman–Crippen MR) is 110 cm³/mol. The van der Waals surface area contributed by atoms with Crippen molar-refractivity contribution >= 4 is 17.9 Å². The van der Waals surface area contributed by atoms with Gasteiger partial charge in [0.05, 0.1) is 7.11 Å². The third-order valence-electron chi connectivity index (χ3n) is 4.75. The second-order valence-corrected chi connectivity index (χ2v) is 9.97. The number of piperidine rings is 1. The zero-order chi connectivity index (χ0) is 21.9. The van der Waals surface area contributed by atoms with Crippen LogP contribution in [0.4, 0.5) is 4.79 Å². The summed E-state index contributed by atoms with van der Waals surface area (Å²) in [6, 6.07) is -1.64. The molecule has 7 nitrogen and oxygen atoms in total. The maximum Gasteiger partial charge on any atom is 0.328 e. The third kappa shape index (κ3) is 6.38. The second-order valence-electron chi connectivity index (χ2n) is 9.97. The molecule has 0 aromatic carbocycles. The van der Waals surface area contributed by atoms with E-state index in [2.05, 4.69) is 24.5 Å². The summed E-state index contributed by atoms with van der Waals surface area (Å²) in [7, 11) is 1.34. The maximum absolute atomic E-state index is 13.2. The van der Waals surface area contributed by atoms with E-state index in [-0.39, 0.29) is 23.8 Å². The third-order valence-corrected chi connectivity index (χ3v) is 4.75. The van der Waals surface area contributed by atoms with E-state index in [4.69, 9.17) is 4.74 Å². The zero-order valence-corrected chi connectivity index (χ0v) is 19.0. The second kappa shape index (κ2) is 9.14. The van der Waals surface area contributed by atoms with Crippen LogP contribution in [0.15, 0.2) is 0 Å². The van der Waals surface area contributed by atoms with E-state index in [1.54, 1.807) is 4.90 Å². The van der Waals surface area contributed by atoms with E-state index < -0.39 is 23.0 Å². The van der Waals surface area contributed by atoms with Crippen LogP contribution in [0, 0.1) is 17.3 Å².